The molecule has 0 saturated heterocycles. The molecule has 0 unspecified atom stereocenters. The maximum absolute atomic E-state index is 12.1. The quantitative estimate of drug-likeness (QED) is 0.779. The molecule has 0 aromatic heterocycles. The van der Waals surface area contributed by atoms with E-state index in [9.17, 15) is 13.2 Å². The van der Waals surface area contributed by atoms with Crippen molar-refractivity contribution in [2.45, 2.75) is 17.9 Å². The Balaban J connectivity index is 1.96. The molecule has 0 saturated carbocycles. The van der Waals surface area contributed by atoms with E-state index in [0.29, 0.717) is 16.1 Å². The highest BCUT2D eigenvalue weighted by Gasteiger charge is 2.18. The number of nitrogens with zero attached hydrogens (tertiary/aromatic N) is 1. The van der Waals surface area contributed by atoms with Gasteiger partial charge in [0.05, 0.1) is 16.5 Å². The molecule has 0 radical (unpaired) electrons. The van der Waals surface area contributed by atoms with E-state index in [1.807, 2.05) is 6.07 Å². The van der Waals surface area contributed by atoms with E-state index < -0.39 is 28.6 Å². The second-order valence-electron chi connectivity index (χ2n) is 5.11. The van der Waals surface area contributed by atoms with Crippen LogP contribution < -0.4 is 4.72 Å². The topological polar surface area (TPSA) is 96.3 Å². The summed E-state index contributed by atoms with van der Waals surface area (Å²) in [5.74, 6) is -0.732. The lowest BCUT2D eigenvalue weighted by Crippen LogP contribution is -2.31. The summed E-state index contributed by atoms with van der Waals surface area (Å²) in [6, 6.07) is 14.2. The van der Waals surface area contributed by atoms with Gasteiger partial charge in [-0.3, -0.25) is 4.79 Å². The van der Waals surface area contributed by atoms with Crippen LogP contribution in [0.5, 0.6) is 0 Å². The first-order valence-corrected chi connectivity index (χ1v) is 9.13. The summed E-state index contributed by atoms with van der Waals surface area (Å²) in [6.07, 6.45) is -0.611. The number of halogens is 1. The number of benzene rings is 2. The van der Waals surface area contributed by atoms with Gasteiger partial charge in [-0.05, 0) is 37.3 Å². The van der Waals surface area contributed by atoms with Gasteiger partial charge in [-0.2, -0.15) is 9.98 Å². The summed E-state index contributed by atoms with van der Waals surface area (Å²) in [7, 11) is -3.88. The minimum atomic E-state index is -3.88. The maximum atomic E-state index is 12.1. The number of nitrogens with one attached hydrogen (secondary N) is 1. The Bertz CT molecular complexity index is 905. The standard InChI is InChI=1S/C17H15ClN2O4S/c1-12(15-4-2-3-5-16(15)18)24-17(21)11-20-25(22,23)14-8-6-13(10-19)7-9-14/h2-9,12,20H,11H2,1H3/t12-/m1/s1. The second-order valence-corrected chi connectivity index (χ2v) is 7.29. The molecule has 6 nitrogen and oxygen atoms in total. The van der Waals surface area contributed by atoms with Crippen molar-refractivity contribution in [3.8, 4) is 6.07 Å². The molecular weight excluding hydrogens is 364 g/mol. The summed E-state index contributed by atoms with van der Waals surface area (Å²) < 4.78 is 31.6. The van der Waals surface area contributed by atoms with Crippen LogP contribution in [0, 0.1) is 11.3 Å². The molecule has 0 bridgehead atoms. The van der Waals surface area contributed by atoms with Crippen molar-refractivity contribution in [3.05, 3.63) is 64.7 Å². The first-order chi connectivity index (χ1) is 11.8. The number of sulfonamides is 1. The molecule has 0 aliphatic heterocycles. The lowest BCUT2D eigenvalue weighted by Gasteiger charge is -2.15. The Morgan fingerprint density at radius 2 is 1.88 bits per heavy atom. The summed E-state index contributed by atoms with van der Waals surface area (Å²) in [4.78, 5) is 11.8. The van der Waals surface area contributed by atoms with Crippen LogP contribution in [0.4, 0.5) is 0 Å². The number of nitriles is 1. The molecule has 2 rings (SSSR count). The number of rotatable bonds is 6. The van der Waals surface area contributed by atoms with Crippen LogP contribution in [-0.2, 0) is 19.6 Å². The first-order valence-electron chi connectivity index (χ1n) is 7.27. The van der Waals surface area contributed by atoms with Gasteiger partial charge in [0.15, 0.2) is 0 Å². The van der Waals surface area contributed by atoms with Crippen LogP contribution in [0.2, 0.25) is 5.02 Å². The summed E-state index contributed by atoms with van der Waals surface area (Å²) in [5.41, 5.74) is 0.972. The zero-order valence-electron chi connectivity index (χ0n) is 13.3. The molecular formula is C17H15ClN2O4S. The highest BCUT2D eigenvalue weighted by atomic mass is 35.5. The highest BCUT2D eigenvalue weighted by Crippen LogP contribution is 2.24. The third kappa shape index (κ3) is 5.03. The molecule has 0 heterocycles. The van der Waals surface area contributed by atoms with Crippen LogP contribution in [0.15, 0.2) is 53.4 Å². The predicted molar refractivity (Wildman–Crippen MR) is 92.3 cm³/mol. The molecule has 1 atom stereocenters. The Morgan fingerprint density at radius 3 is 2.48 bits per heavy atom. The molecule has 2 aromatic carbocycles. The Hall–Kier alpha value is -2.40. The average molecular weight is 379 g/mol. The molecule has 0 spiro atoms. The van der Waals surface area contributed by atoms with Crippen LogP contribution in [0.1, 0.15) is 24.2 Å². The van der Waals surface area contributed by atoms with Crippen LogP contribution in [0.25, 0.3) is 0 Å². The van der Waals surface area contributed by atoms with E-state index in [4.69, 9.17) is 21.6 Å². The number of carbonyl (C=O) groups excluding carboxylic acids is 1. The van der Waals surface area contributed by atoms with E-state index in [-0.39, 0.29) is 4.90 Å². The van der Waals surface area contributed by atoms with Crippen LogP contribution >= 0.6 is 11.6 Å². The van der Waals surface area contributed by atoms with Gasteiger partial charge in [-0.1, -0.05) is 29.8 Å². The maximum Gasteiger partial charge on any atom is 0.321 e. The molecule has 0 amide bonds. The Labute approximate surface area is 151 Å². The van der Waals surface area contributed by atoms with Gasteiger partial charge in [-0.25, -0.2) is 8.42 Å². The lowest BCUT2D eigenvalue weighted by molar-refractivity contribution is -0.147. The second kappa shape index (κ2) is 8.12. The van der Waals surface area contributed by atoms with Crippen molar-refractivity contribution >= 4 is 27.6 Å². The Morgan fingerprint density at radius 1 is 1.24 bits per heavy atom. The smallest absolute Gasteiger partial charge is 0.321 e. The van der Waals surface area contributed by atoms with Crippen molar-refractivity contribution in [2.75, 3.05) is 6.54 Å². The first kappa shape index (κ1) is 18.9. The van der Waals surface area contributed by atoms with Gasteiger partial charge < -0.3 is 4.74 Å². The van der Waals surface area contributed by atoms with Gasteiger partial charge in [0.1, 0.15) is 12.6 Å². The third-order valence-electron chi connectivity index (χ3n) is 3.35. The zero-order chi connectivity index (χ0) is 18.4. The summed E-state index contributed by atoms with van der Waals surface area (Å²) in [5, 5.41) is 9.18. The SMILES string of the molecule is C[C@@H](OC(=O)CNS(=O)(=O)c1ccc(C#N)cc1)c1ccccc1Cl. The molecule has 2 aromatic rings. The molecule has 25 heavy (non-hydrogen) atoms. The van der Waals surface area contributed by atoms with Gasteiger partial charge in [0.2, 0.25) is 10.0 Å². The zero-order valence-corrected chi connectivity index (χ0v) is 14.8. The van der Waals surface area contributed by atoms with E-state index in [1.54, 1.807) is 31.2 Å². The normalized spacial score (nSPS) is 12.2. The molecule has 130 valence electrons. The van der Waals surface area contributed by atoms with Crippen molar-refractivity contribution in [2.24, 2.45) is 0 Å². The largest absolute Gasteiger partial charge is 0.457 e. The lowest BCUT2D eigenvalue weighted by atomic mass is 10.1. The Kier molecular flexibility index (Phi) is 6.15. The van der Waals surface area contributed by atoms with Crippen LogP contribution in [0.3, 0.4) is 0 Å². The van der Waals surface area contributed by atoms with Gasteiger partial charge in [0.25, 0.3) is 0 Å². The number of hydrogen-bond donors (Lipinski definition) is 1. The van der Waals surface area contributed by atoms with Crippen molar-refractivity contribution in [1.82, 2.24) is 4.72 Å². The minimum Gasteiger partial charge on any atom is -0.457 e. The monoisotopic (exact) mass is 378 g/mol. The van der Waals surface area contributed by atoms with E-state index in [0.717, 1.165) is 0 Å². The molecule has 1 N–H and O–H groups in total. The summed E-state index contributed by atoms with van der Waals surface area (Å²) >= 11 is 6.03. The fraction of sp³-hybridized carbons (Fsp3) is 0.176. The van der Waals surface area contributed by atoms with Crippen molar-refractivity contribution in [3.63, 3.8) is 0 Å². The van der Waals surface area contributed by atoms with E-state index in [1.165, 1.54) is 24.3 Å². The van der Waals surface area contributed by atoms with Crippen molar-refractivity contribution < 1.29 is 17.9 Å². The van der Waals surface area contributed by atoms with Crippen molar-refractivity contribution in [1.29, 1.82) is 5.26 Å². The van der Waals surface area contributed by atoms with Gasteiger partial charge >= 0.3 is 5.97 Å². The molecule has 0 fully saturated rings. The van der Waals surface area contributed by atoms with E-state index in [2.05, 4.69) is 4.72 Å². The number of ether oxygens (including phenoxy) is 1. The number of carbonyl (C=O) groups is 1. The predicted octanol–water partition coefficient (Wildman–Crippen LogP) is 2.79. The number of hydrogen-bond acceptors (Lipinski definition) is 5. The van der Waals surface area contributed by atoms with Crippen LogP contribution in [-0.4, -0.2) is 20.9 Å². The molecule has 8 heteroatoms. The highest BCUT2D eigenvalue weighted by molar-refractivity contribution is 7.89. The summed E-state index contributed by atoms with van der Waals surface area (Å²) in [6.45, 7) is 1.13. The molecule has 0 aliphatic rings. The fourth-order valence-corrected chi connectivity index (χ4v) is 3.31. The van der Waals surface area contributed by atoms with E-state index >= 15 is 0 Å². The number of esters is 1. The minimum absolute atomic E-state index is 0.0431. The van der Waals surface area contributed by atoms with Gasteiger partial charge in [-0.15, -0.1) is 0 Å². The third-order valence-corrected chi connectivity index (χ3v) is 5.11. The fourth-order valence-electron chi connectivity index (χ4n) is 2.05. The average Bonchev–Trinajstić information content (AvgIpc) is 2.60. The molecule has 0 aliphatic carbocycles. The van der Waals surface area contributed by atoms with Gasteiger partial charge in [0, 0.05) is 10.6 Å².